The highest BCUT2D eigenvalue weighted by Gasteiger charge is 2.15. The summed E-state index contributed by atoms with van der Waals surface area (Å²) in [5.41, 5.74) is 2.32. The molecule has 4 nitrogen and oxygen atoms in total. The number of hydrogen-bond donors (Lipinski definition) is 1. The summed E-state index contributed by atoms with van der Waals surface area (Å²) >= 11 is 0. The van der Waals surface area contributed by atoms with E-state index < -0.39 is 0 Å². The van der Waals surface area contributed by atoms with Gasteiger partial charge >= 0.3 is 0 Å². The summed E-state index contributed by atoms with van der Waals surface area (Å²) in [6, 6.07) is 8.16. The second kappa shape index (κ2) is 6.12. The second-order valence-corrected chi connectivity index (χ2v) is 5.99. The van der Waals surface area contributed by atoms with Gasteiger partial charge in [-0.1, -0.05) is 39.8 Å². The summed E-state index contributed by atoms with van der Waals surface area (Å²) in [5, 5.41) is 3.08. The van der Waals surface area contributed by atoms with Crippen LogP contribution < -0.4 is 10.1 Å². The molecular weight excluding hydrogens is 262 g/mol. The predicted molar refractivity (Wildman–Crippen MR) is 86.2 cm³/mol. The van der Waals surface area contributed by atoms with E-state index in [0.717, 1.165) is 23.6 Å². The van der Waals surface area contributed by atoms with E-state index in [1.54, 1.807) is 0 Å². The maximum Gasteiger partial charge on any atom is 0.227 e. The summed E-state index contributed by atoms with van der Waals surface area (Å²) in [6.07, 6.45) is 2.33. The highest BCUT2D eigenvalue weighted by atomic mass is 16.5. The number of ether oxygens (including phenoxy) is 1. The van der Waals surface area contributed by atoms with Crippen molar-refractivity contribution in [3.8, 4) is 11.6 Å². The molecule has 0 unspecified atom stereocenters. The number of nitrogens with zero attached hydrogens (tertiary/aromatic N) is 2. The quantitative estimate of drug-likeness (QED) is 0.915. The first-order chi connectivity index (χ1) is 9.95. The van der Waals surface area contributed by atoms with Crippen molar-refractivity contribution in [2.24, 2.45) is 0 Å². The van der Waals surface area contributed by atoms with Crippen LogP contribution in [0.3, 0.4) is 0 Å². The van der Waals surface area contributed by atoms with Crippen LogP contribution in [0.2, 0.25) is 0 Å². The molecule has 0 saturated heterocycles. The van der Waals surface area contributed by atoms with Gasteiger partial charge in [-0.15, -0.1) is 0 Å². The van der Waals surface area contributed by atoms with Gasteiger partial charge in [0.25, 0.3) is 0 Å². The normalized spacial score (nSPS) is 11.3. The zero-order valence-corrected chi connectivity index (χ0v) is 13.4. The minimum Gasteiger partial charge on any atom is -0.439 e. The Hall–Kier alpha value is -2.10. The van der Waals surface area contributed by atoms with Gasteiger partial charge < -0.3 is 10.1 Å². The summed E-state index contributed by atoms with van der Waals surface area (Å²) in [5.74, 6) is 2.23. The zero-order chi connectivity index (χ0) is 15.5. The van der Waals surface area contributed by atoms with Crippen LogP contribution >= 0.6 is 0 Å². The third-order valence-electron chi connectivity index (χ3n) is 3.41. The molecular formula is C17H23N3O. The third-order valence-corrected chi connectivity index (χ3v) is 3.41. The highest BCUT2D eigenvalue weighted by molar-refractivity contribution is 5.49. The van der Waals surface area contributed by atoms with Crippen molar-refractivity contribution in [1.82, 2.24) is 9.97 Å². The number of benzene rings is 1. The van der Waals surface area contributed by atoms with Crippen LogP contribution in [0, 0.1) is 0 Å². The maximum atomic E-state index is 5.99. The Morgan fingerprint density at radius 1 is 1.19 bits per heavy atom. The fourth-order valence-electron chi connectivity index (χ4n) is 2.16. The number of anilines is 1. The van der Waals surface area contributed by atoms with E-state index in [4.69, 9.17) is 4.74 Å². The molecule has 0 atom stereocenters. The molecule has 1 aromatic heterocycles. The minimum absolute atomic E-state index is 0.0920. The maximum absolute atomic E-state index is 5.99. The lowest BCUT2D eigenvalue weighted by Gasteiger charge is -2.20. The van der Waals surface area contributed by atoms with E-state index in [1.165, 1.54) is 11.9 Å². The molecule has 0 aliphatic carbocycles. The lowest BCUT2D eigenvalue weighted by molar-refractivity contribution is 0.452. The number of nitrogens with one attached hydrogen (secondary N) is 1. The molecule has 1 aromatic carbocycles. The van der Waals surface area contributed by atoms with Crippen molar-refractivity contribution in [2.75, 3.05) is 12.4 Å². The standard InChI is InChI=1S/C17H23N3O/c1-6-14-15(18-5)19-11-20-16(14)21-13-9-7-8-12(10-13)17(2,3)4/h7-11H,6H2,1-5H3,(H,18,19,20). The third kappa shape index (κ3) is 3.51. The molecule has 4 heteroatoms. The molecule has 0 bridgehead atoms. The van der Waals surface area contributed by atoms with E-state index in [2.05, 4.69) is 55.1 Å². The van der Waals surface area contributed by atoms with Crippen LogP contribution in [-0.2, 0) is 11.8 Å². The molecule has 2 rings (SSSR count). The van der Waals surface area contributed by atoms with Crippen molar-refractivity contribution in [3.05, 3.63) is 41.7 Å². The van der Waals surface area contributed by atoms with Crippen LogP contribution in [0.25, 0.3) is 0 Å². The molecule has 1 N–H and O–H groups in total. The topological polar surface area (TPSA) is 47.0 Å². The number of rotatable bonds is 4. The number of hydrogen-bond acceptors (Lipinski definition) is 4. The Morgan fingerprint density at radius 3 is 2.57 bits per heavy atom. The van der Waals surface area contributed by atoms with Gasteiger partial charge in [-0.2, -0.15) is 0 Å². The molecule has 0 aliphatic rings. The van der Waals surface area contributed by atoms with Crippen molar-refractivity contribution in [3.63, 3.8) is 0 Å². The smallest absolute Gasteiger partial charge is 0.227 e. The molecule has 0 spiro atoms. The van der Waals surface area contributed by atoms with E-state index in [0.29, 0.717) is 5.88 Å². The van der Waals surface area contributed by atoms with Crippen LogP contribution in [0.5, 0.6) is 11.6 Å². The monoisotopic (exact) mass is 285 g/mol. The van der Waals surface area contributed by atoms with Gasteiger partial charge in [0.05, 0.1) is 5.56 Å². The van der Waals surface area contributed by atoms with E-state index >= 15 is 0 Å². The molecule has 2 aromatic rings. The second-order valence-electron chi connectivity index (χ2n) is 5.99. The van der Waals surface area contributed by atoms with Crippen molar-refractivity contribution in [1.29, 1.82) is 0 Å². The predicted octanol–water partition coefficient (Wildman–Crippen LogP) is 4.17. The van der Waals surface area contributed by atoms with E-state index in [-0.39, 0.29) is 5.41 Å². The molecule has 1 heterocycles. The summed E-state index contributed by atoms with van der Waals surface area (Å²) in [7, 11) is 1.85. The summed E-state index contributed by atoms with van der Waals surface area (Å²) in [6.45, 7) is 8.63. The fraction of sp³-hybridized carbons (Fsp3) is 0.412. The Labute approximate surface area is 126 Å². The molecule has 0 fully saturated rings. The van der Waals surface area contributed by atoms with Gasteiger partial charge in [-0.3, -0.25) is 0 Å². The molecule has 112 valence electrons. The van der Waals surface area contributed by atoms with Crippen molar-refractivity contribution in [2.45, 2.75) is 39.5 Å². The van der Waals surface area contributed by atoms with Crippen LogP contribution in [0.15, 0.2) is 30.6 Å². The van der Waals surface area contributed by atoms with E-state index in [1.807, 2.05) is 19.2 Å². The van der Waals surface area contributed by atoms with Gasteiger partial charge in [0.15, 0.2) is 0 Å². The van der Waals surface area contributed by atoms with Crippen molar-refractivity contribution < 1.29 is 4.74 Å². The van der Waals surface area contributed by atoms with Gasteiger partial charge in [-0.05, 0) is 29.5 Å². The molecule has 0 aliphatic heterocycles. The Kier molecular flexibility index (Phi) is 4.46. The van der Waals surface area contributed by atoms with Crippen molar-refractivity contribution >= 4 is 5.82 Å². The lowest BCUT2D eigenvalue weighted by atomic mass is 9.87. The fourth-order valence-corrected chi connectivity index (χ4v) is 2.16. The first kappa shape index (κ1) is 15.3. The van der Waals surface area contributed by atoms with Crippen LogP contribution in [0.4, 0.5) is 5.82 Å². The highest BCUT2D eigenvalue weighted by Crippen LogP contribution is 2.30. The van der Waals surface area contributed by atoms with Gasteiger partial charge in [0, 0.05) is 7.05 Å². The average molecular weight is 285 g/mol. The Bertz CT molecular complexity index is 618. The SMILES string of the molecule is CCc1c(NC)ncnc1Oc1cccc(C(C)(C)C)c1. The van der Waals surface area contributed by atoms with Gasteiger partial charge in [0.1, 0.15) is 17.9 Å². The largest absolute Gasteiger partial charge is 0.439 e. The van der Waals surface area contributed by atoms with Crippen LogP contribution in [0.1, 0.15) is 38.8 Å². The first-order valence-corrected chi connectivity index (χ1v) is 7.25. The van der Waals surface area contributed by atoms with Gasteiger partial charge in [0.2, 0.25) is 5.88 Å². The zero-order valence-electron chi connectivity index (χ0n) is 13.4. The van der Waals surface area contributed by atoms with E-state index in [9.17, 15) is 0 Å². The number of aromatic nitrogens is 2. The van der Waals surface area contributed by atoms with Crippen LogP contribution in [-0.4, -0.2) is 17.0 Å². The first-order valence-electron chi connectivity index (χ1n) is 7.25. The molecule has 0 amide bonds. The van der Waals surface area contributed by atoms with Gasteiger partial charge in [-0.25, -0.2) is 9.97 Å². The Morgan fingerprint density at radius 2 is 1.95 bits per heavy atom. The molecule has 0 saturated carbocycles. The summed E-state index contributed by atoms with van der Waals surface area (Å²) < 4.78 is 5.99. The minimum atomic E-state index is 0.0920. The summed E-state index contributed by atoms with van der Waals surface area (Å²) in [4.78, 5) is 8.50. The lowest BCUT2D eigenvalue weighted by Crippen LogP contribution is -2.10. The Balaban J connectivity index is 2.35. The molecule has 0 radical (unpaired) electrons. The molecule has 21 heavy (non-hydrogen) atoms. The average Bonchev–Trinajstić information content (AvgIpc) is 2.46.